The Morgan fingerprint density at radius 2 is 1.52 bits per heavy atom. The van der Waals surface area contributed by atoms with Crippen LogP contribution in [-0.4, -0.2) is 62.6 Å². The van der Waals surface area contributed by atoms with Crippen molar-refractivity contribution in [2.24, 2.45) is 0 Å². The number of carbonyl (C=O) groups excluding carboxylic acids is 3. The molecular formula is C23H25N3O7. The molecule has 2 aromatic rings. The van der Waals surface area contributed by atoms with E-state index in [1.54, 1.807) is 55.6 Å². The number of benzene rings is 2. The van der Waals surface area contributed by atoms with Crippen molar-refractivity contribution < 1.29 is 33.3 Å². The van der Waals surface area contributed by atoms with Gasteiger partial charge in [0, 0.05) is 16.9 Å². The van der Waals surface area contributed by atoms with Gasteiger partial charge in [0.2, 0.25) is 0 Å². The molecule has 33 heavy (non-hydrogen) atoms. The van der Waals surface area contributed by atoms with Crippen molar-refractivity contribution in [3.8, 4) is 5.75 Å². The molecule has 3 amide bonds. The molecule has 2 aliphatic heterocycles. The molecule has 2 saturated heterocycles. The first-order chi connectivity index (χ1) is 15.9. The van der Waals surface area contributed by atoms with E-state index in [2.05, 4.69) is 16.0 Å². The fraction of sp³-hybridized carbons (Fsp3) is 0.348. The third-order valence-electron chi connectivity index (χ3n) is 5.47. The number of urea groups is 1. The van der Waals surface area contributed by atoms with Gasteiger partial charge >= 0.3 is 12.1 Å². The highest BCUT2D eigenvalue weighted by Crippen LogP contribution is 2.29. The van der Waals surface area contributed by atoms with Crippen molar-refractivity contribution in [3.63, 3.8) is 0 Å². The topological polar surface area (TPSA) is 124 Å². The first kappa shape index (κ1) is 22.6. The van der Waals surface area contributed by atoms with Gasteiger partial charge in [0.15, 0.2) is 11.9 Å². The molecule has 10 heteroatoms. The Hall–Kier alpha value is -3.63. The third kappa shape index (κ3) is 5.41. The fourth-order valence-corrected chi connectivity index (χ4v) is 3.77. The maximum Gasteiger partial charge on any atom is 0.412 e. The molecule has 10 nitrogen and oxygen atoms in total. The lowest BCUT2D eigenvalue weighted by molar-refractivity contribution is 0.00873. The van der Waals surface area contributed by atoms with Crippen LogP contribution in [0.25, 0.3) is 0 Å². The molecule has 0 spiro atoms. The lowest BCUT2D eigenvalue weighted by Gasteiger charge is -2.18. The molecule has 4 rings (SSSR count). The quantitative estimate of drug-likeness (QED) is 0.572. The van der Waals surface area contributed by atoms with Crippen LogP contribution in [0.2, 0.25) is 0 Å². The van der Waals surface area contributed by atoms with Crippen LogP contribution in [-0.2, 0) is 14.2 Å². The van der Waals surface area contributed by atoms with Gasteiger partial charge in [0.1, 0.15) is 18.0 Å². The molecule has 2 aliphatic rings. The minimum Gasteiger partial charge on any atom is -0.497 e. The summed E-state index contributed by atoms with van der Waals surface area (Å²) in [7, 11) is 1.57. The van der Waals surface area contributed by atoms with Gasteiger partial charge in [0.05, 0.1) is 26.4 Å². The smallest absolute Gasteiger partial charge is 0.412 e. The van der Waals surface area contributed by atoms with E-state index >= 15 is 0 Å². The Labute approximate surface area is 190 Å². The number of carbonyl (C=O) groups is 3. The second kappa shape index (κ2) is 9.88. The number of Topliss-reactive ketones (excluding diaryl/α,β-unsaturated/α-hetero) is 1. The first-order valence-electron chi connectivity index (χ1n) is 10.5. The average molecular weight is 455 g/mol. The molecule has 0 saturated carbocycles. The van der Waals surface area contributed by atoms with E-state index in [1.807, 2.05) is 0 Å². The summed E-state index contributed by atoms with van der Waals surface area (Å²) < 4.78 is 22.1. The summed E-state index contributed by atoms with van der Waals surface area (Å²) >= 11 is 0. The van der Waals surface area contributed by atoms with E-state index in [0.29, 0.717) is 22.7 Å². The van der Waals surface area contributed by atoms with Gasteiger partial charge < -0.3 is 29.6 Å². The molecule has 0 aliphatic carbocycles. The molecule has 4 atom stereocenters. The molecule has 0 radical (unpaired) electrons. The summed E-state index contributed by atoms with van der Waals surface area (Å²) in [5, 5.41) is 8.21. The predicted octanol–water partition coefficient (Wildman–Crippen LogP) is 2.80. The first-order valence-corrected chi connectivity index (χ1v) is 10.5. The second-order valence-corrected chi connectivity index (χ2v) is 7.73. The summed E-state index contributed by atoms with van der Waals surface area (Å²) in [5.74, 6) is 0.632. The highest BCUT2D eigenvalue weighted by Gasteiger charge is 2.50. The minimum atomic E-state index is -0.655. The SMILES string of the molecule is COc1ccc(NC(=O)N[C@H]2CO[C@H]3[C@@H]2OC[C@H]3OC(=O)Nc2ccc(C(C)=O)cc2)cc1. The van der Waals surface area contributed by atoms with Gasteiger partial charge in [-0.1, -0.05) is 0 Å². The number of hydrogen-bond donors (Lipinski definition) is 3. The normalized spacial score (nSPS) is 23.3. The molecule has 2 heterocycles. The van der Waals surface area contributed by atoms with Crippen LogP contribution in [0, 0.1) is 0 Å². The largest absolute Gasteiger partial charge is 0.497 e. The number of methoxy groups -OCH3 is 1. The van der Waals surface area contributed by atoms with Crippen molar-refractivity contribution in [3.05, 3.63) is 54.1 Å². The van der Waals surface area contributed by atoms with Crippen molar-refractivity contribution in [1.82, 2.24) is 5.32 Å². The van der Waals surface area contributed by atoms with Crippen molar-refractivity contribution in [2.75, 3.05) is 31.0 Å². The van der Waals surface area contributed by atoms with E-state index in [4.69, 9.17) is 18.9 Å². The van der Waals surface area contributed by atoms with Crippen molar-refractivity contribution >= 4 is 29.3 Å². The van der Waals surface area contributed by atoms with E-state index in [9.17, 15) is 14.4 Å². The number of amides is 3. The molecule has 174 valence electrons. The summed E-state index contributed by atoms with van der Waals surface area (Å²) in [6.07, 6.45) is -2.18. The van der Waals surface area contributed by atoms with Crippen LogP contribution in [0.15, 0.2) is 48.5 Å². The van der Waals surface area contributed by atoms with Gasteiger partial charge in [-0.25, -0.2) is 9.59 Å². The minimum absolute atomic E-state index is 0.0579. The fourth-order valence-electron chi connectivity index (χ4n) is 3.77. The molecule has 0 aromatic heterocycles. The summed E-state index contributed by atoms with van der Waals surface area (Å²) in [4.78, 5) is 36.0. The number of rotatable bonds is 6. The Morgan fingerprint density at radius 3 is 2.18 bits per heavy atom. The Kier molecular flexibility index (Phi) is 6.76. The molecule has 0 unspecified atom stereocenters. The Morgan fingerprint density at radius 1 is 0.879 bits per heavy atom. The summed E-state index contributed by atoms with van der Waals surface area (Å²) in [5.41, 5.74) is 1.67. The summed E-state index contributed by atoms with van der Waals surface area (Å²) in [6, 6.07) is 12.7. The number of anilines is 2. The van der Waals surface area contributed by atoms with Gasteiger partial charge in [-0.2, -0.15) is 0 Å². The zero-order valence-electron chi connectivity index (χ0n) is 18.2. The van der Waals surface area contributed by atoms with E-state index in [1.165, 1.54) is 6.92 Å². The average Bonchev–Trinajstić information content (AvgIpc) is 3.38. The van der Waals surface area contributed by atoms with Gasteiger partial charge in [-0.05, 0) is 55.5 Å². The predicted molar refractivity (Wildman–Crippen MR) is 119 cm³/mol. The van der Waals surface area contributed by atoms with Crippen LogP contribution in [0.5, 0.6) is 5.75 Å². The number of ketones is 1. The summed E-state index contributed by atoms with van der Waals surface area (Å²) in [6.45, 7) is 1.86. The highest BCUT2D eigenvalue weighted by molar-refractivity contribution is 5.95. The standard InChI is InChI=1S/C23H25N3O7/c1-13(27)14-3-5-16(6-4-14)25-23(29)33-19-12-32-20-18(11-31-21(19)20)26-22(28)24-15-7-9-17(30-2)10-8-15/h3-10,18-21H,11-12H2,1-2H3,(H,25,29)(H2,24,26,28)/t18-,19+,20+,21+/m0/s1. The van der Waals surface area contributed by atoms with E-state index < -0.39 is 30.4 Å². The van der Waals surface area contributed by atoms with Crippen LogP contribution >= 0.6 is 0 Å². The number of fused-ring (bicyclic) bond motifs is 1. The maximum atomic E-state index is 12.4. The Bertz CT molecular complexity index is 1010. The van der Waals surface area contributed by atoms with Crippen LogP contribution in [0.3, 0.4) is 0 Å². The van der Waals surface area contributed by atoms with E-state index in [-0.39, 0.29) is 25.0 Å². The van der Waals surface area contributed by atoms with Gasteiger partial charge in [0.25, 0.3) is 0 Å². The van der Waals surface area contributed by atoms with Crippen LogP contribution in [0.1, 0.15) is 17.3 Å². The number of nitrogens with one attached hydrogen (secondary N) is 3. The molecule has 3 N–H and O–H groups in total. The van der Waals surface area contributed by atoms with Gasteiger partial charge in [-0.3, -0.25) is 10.1 Å². The molecular weight excluding hydrogens is 430 g/mol. The maximum absolute atomic E-state index is 12.4. The lowest BCUT2D eigenvalue weighted by atomic mass is 10.1. The van der Waals surface area contributed by atoms with Crippen LogP contribution in [0.4, 0.5) is 21.0 Å². The number of ether oxygens (including phenoxy) is 4. The van der Waals surface area contributed by atoms with Gasteiger partial charge in [-0.15, -0.1) is 0 Å². The zero-order chi connectivity index (χ0) is 23.4. The Balaban J connectivity index is 1.26. The van der Waals surface area contributed by atoms with Crippen molar-refractivity contribution in [2.45, 2.75) is 31.3 Å². The second-order valence-electron chi connectivity index (χ2n) is 7.73. The monoisotopic (exact) mass is 455 g/mol. The molecule has 2 aromatic carbocycles. The lowest BCUT2D eigenvalue weighted by Crippen LogP contribution is -2.46. The van der Waals surface area contributed by atoms with E-state index in [0.717, 1.165) is 0 Å². The molecule has 0 bridgehead atoms. The molecule has 2 fully saturated rings. The van der Waals surface area contributed by atoms with Crippen LogP contribution < -0.4 is 20.7 Å². The number of hydrogen-bond acceptors (Lipinski definition) is 7. The zero-order valence-corrected chi connectivity index (χ0v) is 18.2. The highest BCUT2D eigenvalue weighted by atomic mass is 16.6. The third-order valence-corrected chi connectivity index (χ3v) is 5.47. The van der Waals surface area contributed by atoms with Crippen molar-refractivity contribution in [1.29, 1.82) is 0 Å².